The van der Waals surface area contributed by atoms with E-state index in [-0.39, 0.29) is 6.01 Å². The molecule has 3 heterocycles. The molecule has 3 N–H and O–H groups in total. The number of likely N-dealkylation sites (tertiary alicyclic amines) is 1. The second-order valence-corrected chi connectivity index (χ2v) is 7.27. The Hall–Kier alpha value is -2.45. The van der Waals surface area contributed by atoms with Gasteiger partial charge >= 0.3 is 6.01 Å². The van der Waals surface area contributed by atoms with Crippen LogP contribution in [0.3, 0.4) is 0 Å². The number of nitrogens with zero attached hydrogens (tertiary/aromatic N) is 4. The quantitative estimate of drug-likeness (QED) is 0.507. The van der Waals surface area contributed by atoms with E-state index in [0.29, 0.717) is 19.0 Å². The third kappa shape index (κ3) is 5.30. The number of rotatable bonds is 9. The first kappa shape index (κ1) is 20.3. The number of anilines is 1. The number of hydrogen-bond acceptors (Lipinski definition) is 7. The van der Waals surface area contributed by atoms with Crippen molar-refractivity contribution in [1.82, 2.24) is 19.9 Å². The second kappa shape index (κ2) is 9.66. The summed E-state index contributed by atoms with van der Waals surface area (Å²) in [4.78, 5) is 19.0. The molecule has 0 radical (unpaired) electrons. The Labute approximate surface area is 165 Å². The lowest BCUT2D eigenvalue weighted by atomic mass is 10.1. The van der Waals surface area contributed by atoms with Gasteiger partial charge in [0.05, 0.1) is 6.61 Å². The van der Waals surface area contributed by atoms with E-state index in [0.717, 1.165) is 40.8 Å². The number of nitrogens with one attached hydrogen (secondary N) is 1. The highest BCUT2D eigenvalue weighted by atomic mass is 16.5. The van der Waals surface area contributed by atoms with Crippen molar-refractivity contribution < 1.29 is 9.47 Å². The fourth-order valence-corrected chi connectivity index (χ4v) is 3.35. The number of methoxy groups -OCH3 is 1. The fourth-order valence-electron chi connectivity index (χ4n) is 3.35. The number of aromatic nitrogens is 3. The summed E-state index contributed by atoms with van der Waals surface area (Å²) < 4.78 is 10.5. The first-order valence-electron chi connectivity index (χ1n) is 9.73. The van der Waals surface area contributed by atoms with Gasteiger partial charge in [-0.25, -0.2) is 0 Å². The molecule has 0 saturated carbocycles. The van der Waals surface area contributed by atoms with Gasteiger partial charge in [-0.05, 0) is 46.2 Å². The van der Waals surface area contributed by atoms with Gasteiger partial charge in [-0.1, -0.05) is 5.57 Å². The van der Waals surface area contributed by atoms with Crippen LogP contribution >= 0.6 is 0 Å². The number of aromatic amines is 1. The van der Waals surface area contributed by atoms with Crippen molar-refractivity contribution in [3.8, 4) is 6.01 Å². The third-order valence-corrected chi connectivity index (χ3v) is 4.76. The summed E-state index contributed by atoms with van der Waals surface area (Å²) >= 11 is 0. The SMILES string of the molecule is COCCOc1nc(N)c2[nH]cc(C/C(C)=C/N=C(C)CN3CCCC3)c2n1. The number of allylic oxidation sites excluding steroid dienone is 1. The molecule has 152 valence electrons. The number of nitrogens with two attached hydrogens (primary N) is 1. The molecule has 0 aliphatic carbocycles. The van der Waals surface area contributed by atoms with Crippen LogP contribution in [-0.2, 0) is 11.2 Å². The van der Waals surface area contributed by atoms with Gasteiger partial charge in [0.2, 0.25) is 0 Å². The molecular formula is C20H30N6O2. The van der Waals surface area contributed by atoms with E-state index in [2.05, 4.69) is 38.7 Å². The Bertz CT molecular complexity index is 852. The first-order chi connectivity index (χ1) is 13.6. The predicted octanol–water partition coefficient (Wildman–Crippen LogP) is 2.57. The van der Waals surface area contributed by atoms with Crippen molar-refractivity contribution in [3.63, 3.8) is 0 Å². The van der Waals surface area contributed by atoms with Crippen molar-refractivity contribution in [1.29, 1.82) is 0 Å². The van der Waals surface area contributed by atoms with Crippen LogP contribution in [-0.4, -0.2) is 65.5 Å². The third-order valence-electron chi connectivity index (χ3n) is 4.76. The van der Waals surface area contributed by atoms with Crippen LogP contribution in [0.25, 0.3) is 11.0 Å². The molecule has 1 aliphatic heterocycles. The Morgan fingerprint density at radius 2 is 2.07 bits per heavy atom. The van der Waals surface area contributed by atoms with Crippen molar-refractivity contribution in [3.05, 3.63) is 23.5 Å². The summed E-state index contributed by atoms with van der Waals surface area (Å²) in [5, 5.41) is 0. The van der Waals surface area contributed by atoms with Crippen LogP contribution < -0.4 is 10.5 Å². The summed E-state index contributed by atoms with van der Waals surface area (Å²) in [6, 6.07) is 0.268. The number of ether oxygens (including phenoxy) is 2. The van der Waals surface area contributed by atoms with E-state index in [1.165, 1.54) is 25.9 Å². The maximum absolute atomic E-state index is 6.05. The van der Waals surface area contributed by atoms with E-state index in [9.17, 15) is 0 Å². The average Bonchev–Trinajstić information content (AvgIpc) is 3.31. The number of aliphatic imine (C=N–C) groups is 1. The molecule has 28 heavy (non-hydrogen) atoms. The van der Waals surface area contributed by atoms with E-state index in [1.807, 2.05) is 12.4 Å². The maximum atomic E-state index is 6.05. The van der Waals surface area contributed by atoms with Crippen LogP contribution in [0.2, 0.25) is 0 Å². The molecule has 0 unspecified atom stereocenters. The average molecular weight is 387 g/mol. The van der Waals surface area contributed by atoms with Gasteiger partial charge in [-0.3, -0.25) is 9.89 Å². The highest BCUT2D eigenvalue weighted by molar-refractivity contribution is 5.88. The molecule has 0 bridgehead atoms. The van der Waals surface area contributed by atoms with Crippen LogP contribution in [0.4, 0.5) is 5.82 Å². The van der Waals surface area contributed by atoms with Crippen molar-refractivity contribution >= 4 is 22.6 Å². The van der Waals surface area contributed by atoms with E-state index in [1.54, 1.807) is 7.11 Å². The van der Waals surface area contributed by atoms with Crippen LogP contribution in [0.1, 0.15) is 32.3 Å². The van der Waals surface area contributed by atoms with Crippen molar-refractivity contribution in [2.75, 3.05) is 45.7 Å². The van der Waals surface area contributed by atoms with Gasteiger partial charge < -0.3 is 20.2 Å². The Kier molecular flexibility index (Phi) is 7.00. The number of nitrogen functional groups attached to an aromatic ring is 1. The van der Waals surface area contributed by atoms with E-state index < -0.39 is 0 Å². The minimum Gasteiger partial charge on any atom is -0.461 e. The zero-order valence-electron chi connectivity index (χ0n) is 17.0. The largest absolute Gasteiger partial charge is 0.461 e. The molecule has 1 fully saturated rings. The monoisotopic (exact) mass is 386 g/mol. The maximum Gasteiger partial charge on any atom is 0.319 e. The summed E-state index contributed by atoms with van der Waals surface area (Å²) in [5.41, 5.74) is 10.9. The Morgan fingerprint density at radius 1 is 1.29 bits per heavy atom. The zero-order valence-corrected chi connectivity index (χ0v) is 17.0. The molecule has 8 nitrogen and oxygen atoms in total. The molecule has 1 aliphatic rings. The molecule has 2 aromatic rings. The molecule has 3 rings (SSSR count). The highest BCUT2D eigenvalue weighted by Crippen LogP contribution is 2.24. The molecule has 1 saturated heterocycles. The Balaban J connectivity index is 1.69. The molecule has 0 atom stereocenters. The molecule has 0 aromatic carbocycles. The van der Waals surface area contributed by atoms with E-state index in [4.69, 9.17) is 15.2 Å². The molecule has 0 spiro atoms. The molecule has 8 heteroatoms. The highest BCUT2D eigenvalue weighted by Gasteiger charge is 2.13. The summed E-state index contributed by atoms with van der Waals surface area (Å²) in [5.74, 6) is 0.379. The predicted molar refractivity (Wildman–Crippen MR) is 112 cm³/mol. The van der Waals surface area contributed by atoms with Crippen LogP contribution in [0, 0.1) is 0 Å². The summed E-state index contributed by atoms with van der Waals surface area (Å²) in [6.07, 6.45) is 7.20. The van der Waals surface area contributed by atoms with Gasteiger partial charge in [0.25, 0.3) is 0 Å². The van der Waals surface area contributed by atoms with Gasteiger partial charge in [0.1, 0.15) is 17.6 Å². The van der Waals surface area contributed by atoms with Gasteiger partial charge in [0, 0.05) is 37.3 Å². The standard InChI is InChI=1S/C20H30N6O2/c1-14(11-22-15(2)13-26-6-4-5-7-26)10-16-12-23-18-17(16)24-20(25-19(18)21)28-9-8-27-3/h11-12,23H,4-10,13H2,1-3H3,(H2,21,24,25)/b14-11+,22-15?. The minimum absolute atomic E-state index is 0.268. The normalized spacial score (nSPS) is 16.2. The number of H-pyrrole nitrogens is 1. The number of hydrogen-bond donors (Lipinski definition) is 2. The van der Waals surface area contributed by atoms with Crippen molar-refractivity contribution in [2.24, 2.45) is 4.99 Å². The minimum atomic E-state index is 0.268. The van der Waals surface area contributed by atoms with E-state index >= 15 is 0 Å². The van der Waals surface area contributed by atoms with Gasteiger partial charge in [0.15, 0.2) is 5.82 Å². The Morgan fingerprint density at radius 3 is 2.82 bits per heavy atom. The fraction of sp³-hybridized carbons (Fsp3) is 0.550. The zero-order chi connectivity index (χ0) is 19.9. The number of fused-ring (bicyclic) bond motifs is 1. The van der Waals surface area contributed by atoms with Crippen molar-refractivity contribution in [2.45, 2.75) is 33.1 Å². The van der Waals surface area contributed by atoms with Gasteiger partial charge in [-0.2, -0.15) is 9.97 Å². The van der Waals surface area contributed by atoms with Crippen LogP contribution in [0.15, 0.2) is 23.0 Å². The molecule has 0 amide bonds. The molecule has 2 aromatic heterocycles. The lowest BCUT2D eigenvalue weighted by Crippen LogP contribution is -2.25. The smallest absolute Gasteiger partial charge is 0.319 e. The lowest BCUT2D eigenvalue weighted by Gasteiger charge is -2.13. The topological polar surface area (TPSA) is 102 Å². The summed E-state index contributed by atoms with van der Waals surface area (Å²) in [6.45, 7) is 8.32. The molecular weight excluding hydrogens is 356 g/mol. The van der Waals surface area contributed by atoms with Crippen LogP contribution in [0.5, 0.6) is 6.01 Å². The first-order valence-corrected chi connectivity index (χ1v) is 9.73. The lowest BCUT2D eigenvalue weighted by molar-refractivity contribution is 0.141. The second-order valence-electron chi connectivity index (χ2n) is 7.27. The summed E-state index contributed by atoms with van der Waals surface area (Å²) in [7, 11) is 1.62. The van der Waals surface area contributed by atoms with Gasteiger partial charge in [-0.15, -0.1) is 0 Å².